The fourth-order valence-electron chi connectivity index (χ4n) is 2.34. The highest BCUT2D eigenvalue weighted by molar-refractivity contribution is 7.13. The second-order valence-electron chi connectivity index (χ2n) is 5.40. The second-order valence-corrected chi connectivity index (χ2v) is 6.29. The number of carbonyl (C=O) groups is 1. The SMILES string of the molecule is O=C(CCNCc1noc(-c2ccc3c(c2)OCO3)n1)Nc1nccs1. The van der Waals surface area contributed by atoms with Crippen molar-refractivity contribution in [2.24, 2.45) is 0 Å². The third-order valence-corrected chi connectivity index (χ3v) is 4.27. The van der Waals surface area contributed by atoms with Crippen molar-refractivity contribution in [3.05, 3.63) is 35.6 Å². The number of anilines is 1. The van der Waals surface area contributed by atoms with Crippen LogP contribution in [0.4, 0.5) is 5.13 Å². The van der Waals surface area contributed by atoms with Crippen LogP contribution >= 0.6 is 11.3 Å². The first-order valence-corrected chi connectivity index (χ1v) is 8.78. The lowest BCUT2D eigenvalue weighted by Gasteiger charge is -2.02. The van der Waals surface area contributed by atoms with Crippen LogP contribution in [0.1, 0.15) is 12.2 Å². The van der Waals surface area contributed by atoms with Crippen LogP contribution < -0.4 is 20.1 Å². The number of nitrogens with one attached hydrogen (secondary N) is 2. The number of aromatic nitrogens is 3. The molecule has 0 bridgehead atoms. The first kappa shape index (κ1) is 16.5. The van der Waals surface area contributed by atoms with Gasteiger partial charge in [-0.25, -0.2) is 4.98 Å². The highest BCUT2D eigenvalue weighted by Gasteiger charge is 2.16. The summed E-state index contributed by atoms with van der Waals surface area (Å²) in [5.74, 6) is 2.18. The number of amides is 1. The van der Waals surface area contributed by atoms with Crippen LogP contribution in [0.2, 0.25) is 0 Å². The Hall–Kier alpha value is -2.98. The second kappa shape index (κ2) is 7.50. The summed E-state index contributed by atoms with van der Waals surface area (Å²) in [5, 5.41) is 12.2. The minimum atomic E-state index is -0.0957. The van der Waals surface area contributed by atoms with Crippen molar-refractivity contribution in [1.29, 1.82) is 0 Å². The van der Waals surface area contributed by atoms with Gasteiger partial charge in [-0.15, -0.1) is 11.3 Å². The molecule has 1 aromatic carbocycles. The molecule has 1 amide bonds. The summed E-state index contributed by atoms with van der Waals surface area (Å²) < 4.78 is 15.9. The minimum Gasteiger partial charge on any atom is -0.454 e. The molecule has 1 aliphatic heterocycles. The molecule has 0 spiro atoms. The molecule has 2 aromatic heterocycles. The maximum Gasteiger partial charge on any atom is 0.258 e. The molecule has 1 aliphatic rings. The van der Waals surface area contributed by atoms with E-state index in [1.54, 1.807) is 18.3 Å². The summed E-state index contributed by atoms with van der Waals surface area (Å²) in [6, 6.07) is 5.44. The molecule has 0 saturated carbocycles. The van der Waals surface area contributed by atoms with Crippen molar-refractivity contribution >= 4 is 22.4 Å². The number of benzene rings is 1. The molecule has 3 heterocycles. The lowest BCUT2D eigenvalue weighted by atomic mass is 10.2. The molecule has 0 fully saturated rings. The summed E-state index contributed by atoms with van der Waals surface area (Å²) in [5.41, 5.74) is 0.760. The number of rotatable bonds is 7. The molecule has 4 rings (SSSR count). The van der Waals surface area contributed by atoms with E-state index in [9.17, 15) is 4.79 Å². The van der Waals surface area contributed by atoms with Crippen LogP contribution in [0.25, 0.3) is 11.5 Å². The quantitative estimate of drug-likeness (QED) is 0.605. The Morgan fingerprint density at radius 1 is 1.27 bits per heavy atom. The monoisotopic (exact) mass is 373 g/mol. The largest absolute Gasteiger partial charge is 0.454 e. The van der Waals surface area contributed by atoms with Gasteiger partial charge in [0.15, 0.2) is 22.5 Å². The molecular formula is C16H15N5O4S. The summed E-state index contributed by atoms with van der Waals surface area (Å²) in [7, 11) is 0. The average Bonchev–Trinajstić information content (AvgIpc) is 3.39. The normalized spacial score (nSPS) is 12.3. The molecule has 134 valence electrons. The lowest BCUT2D eigenvalue weighted by Crippen LogP contribution is -2.21. The predicted molar refractivity (Wildman–Crippen MR) is 92.9 cm³/mol. The smallest absolute Gasteiger partial charge is 0.258 e. The van der Waals surface area contributed by atoms with Gasteiger partial charge in [-0.3, -0.25) is 4.79 Å². The number of hydrogen-bond donors (Lipinski definition) is 2. The molecule has 0 atom stereocenters. The standard InChI is InChI=1S/C16H15N5O4S/c22-14(20-16-18-5-6-26-16)3-4-17-8-13-19-15(25-21-13)10-1-2-11-12(7-10)24-9-23-11/h1-2,5-7,17H,3-4,8-9H2,(H,18,20,22). The summed E-state index contributed by atoms with van der Waals surface area (Å²) in [4.78, 5) is 20.1. The van der Waals surface area contributed by atoms with Gasteiger partial charge in [-0.1, -0.05) is 5.16 Å². The molecule has 26 heavy (non-hydrogen) atoms. The van der Waals surface area contributed by atoms with Crippen molar-refractivity contribution in [3.63, 3.8) is 0 Å². The van der Waals surface area contributed by atoms with E-state index < -0.39 is 0 Å². The Labute approximate surface area is 152 Å². The summed E-state index contributed by atoms with van der Waals surface area (Å²) in [6.07, 6.45) is 1.97. The number of ether oxygens (including phenoxy) is 2. The fourth-order valence-corrected chi connectivity index (χ4v) is 2.89. The highest BCUT2D eigenvalue weighted by Crippen LogP contribution is 2.35. The van der Waals surface area contributed by atoms with Crippen LogP contribution in [0.5, 0.6) is 11.5 Å². The predicted octanol–water partition coefficient (Wildman–Crippen LogP) is 2.04. The van der Waals surface area contributed by atoms with Gasteiger partial charge in [-0.2, -0.15) is 4.98 Å². The Morgan fingerprint density at radius 3 is 3.08 bits per heavy atom. The molecule has 0 unspecified atom stereocenters. The number of thiazole rings is 1. The van der Waals surface area contributed by atoms with Gasteiger partial charge in [0.25, 0.3) is 5.89 Å². The van der Waals surface area contributed by atoms with Crippen LogP contribution in [-0.4, -0.2) is 34.4 Å². The Bertz CT molecular complexity index is 896. The summed E-state index contributed by atoms with van der Waals surface area (Å²) >= 11 is 1.38. The molecule has 0 saturated heterocycles. The van der Waals surface area contributed by atoms with E-state index in [1.165, 1.54) is 11.3 Å². The highest BCUT2D eigenvalue weighted by atomic mass is 32.1. The van der Waals surface area contributed by atoms with Crippen molar-refractivity contribution in [3.8, 4) is 23.0 Å². The van der Waals surface area contributed by atoms with E-state index in [4.69, 9.17) is 14.0 Å². The maximum atomic E-state index is 11.7. The Balaban J connectivity index is 1.25. The molecule has 3 aromatic rings. The zero-order valence-electron chi connectivity index (χ0n) is 13.6. The van der Waals surface area contributed by atoms with Gasteiger partial charge in [-0.05, 0) is 18.2 Å². The van der Waals surface area contributed by atoms with Gasteiger partial charge >= 0.3 is 0 Å². The van der Waals surface area contributed by atoms with Gasteiger partial charge in [0.1, 0.15) is 0 Å². The average molecular weight is 373 g/mol. The molecular weight excluding hydrogens is 358 g/mol. The zero-order valence-corrected chi connectivity index (χ0v) is 14.4. The number of fused-ring (bicyclic) bond motifs is 1. The van der Waals surface area contributed by atoms with Crippen LogP contribution in [-0.2, 0) is 11.3 Å². The third kappa shape index (κ3) is 3.81. The molecule has 0 aliphatic carbocycles. The molecule has 9 nitrogen and oxygen atoms in total. The van der Waals surface area contributed by atoms with Crippen LogP contribution in [0.15, 0.2) is 34.3 Å². The van der Waals surface area contributed by atoms with Gasteiger partial charge in [0, 0.05) is 30.1 Å². The minimum absolute atomic E-state index is 0.0957. The van der Waals surface area contributed by atoms with E-state index in [0.29, 0.717) is 47.9 Å². The first-order valence-electron chi connectivity index (χ1n) is 7.90. The van der Waals surface area contributed by atoms with Crippen molar-refractivity contribution in [2.75, 3.05) is 18.7 Å². The van der Waals surface area contributed by atoms with Gasteiger partial charge in [0.2, 0.25) is 12.7 Å². The van der Waals surface area contributed by atoms with Gasteiger partial charge in [0.05, 0.1) is 6.54 Å². The van der Waals surface area contributed by atoms with E-state index in [-0.39, 0.29) is 12.7 Å². The molecule has 0 radical (unpaired) electrons. The van der Waals surface area contributed by atoms with E-state index >= 15 is 0 Å². The summed E-state index contributed by atoms with van der Waals surface area (Å²) in [6.45, 7) is 1.11. The zero-order chi connectivity index (χ0) is 17.8. The molecule has 10 heteroatoms. The first-order chi connectivity index (χ1) is 12.8. The lowest BCUT2D eigenvalue weighted by molar-refractivity contribution is -0.116. The van der Waals surface area contributed by atoms with E-state index in [0.717, 1.165) is 5.56 Å². The fraction of sp³-hybridized carbons (Fsp3) is 0.250. The number of carbonyl (C=O) groups excluding carboxylic acids is 1. The third-order valence-electron chi connectivity index (χ3n) is 3.58. The van der Waals surface area contributed by atoms with E-state index in [1.807, 2.05) is 11.4 Å². The Morgan fingerprint density at radius 2 is 2.19 bits per heavy atom. The van der Waals surface area contributed by atoms with Crippen LogP contribution in [0, 0.1) is 0 Å². The number of nitrogens with zero attached hydrogens (tertiary/aromatic N) is 3. The Kier molecular flexibility index (Phi) is 4.75. The number of hydrogen-bond acceptors (Lipinski definition) is 9. The topological polar surface area (TPSA) is 111 Å². The van der Waals surface area contributed by atoms with Crippen molar-refractivity contribution < 1.29 is 18.8 Å². The molecule has 2 N–H and O–H groups in total. The van der Waals surface area contributed by atoms with Crippen LogP contribution in [0.3, 0.4) is 0 Å². The van der Waals surface area contributed by atoms with Crippen molar-refractivity contribution in [1.82, 2.24) is 20.4 Å². The van der Waals surface area contributed by atoms with Crippen molar-refractivity contribution in [2.45, 2.75) is 13.0 Å². The van der Waals surface area contributed by atoms with E-state index in [2.05, 4.69) is 25.8 Å². The van der Waals surface area contributed by atoms with Gasteiger partial charge < -0.3 is 24.6 Å². The maximum absolute atomic E-state index is 11.7.